The smallest absolute Gasteiger partial charge is 0.267 e. The third-order valence-electron chi connectivity index (χ3n) is 2.64. The molecule has 0 saturated carbocycles. The lowest BCUT2D eigenvalue weighted by Crippen LogP contribution is -2.44. The lowest BCUT2D eigenvalue weighted by Gasteiger charge is -2.23. The Labute approximate surface area is 98.6 Å². The van der Waals surface area contributed by atoms with E-state index in [1.807, 2.05) is 0 Å². The normalized spacial score (nSPS) is 19.5. The molecule has 6 heteroatoms. The van der Waals surface area contributed by atoms with Crippen molar-refractivity contribution in [3.8, 4) is 0 Å². The van der Waals surface area contributed by atoms with Crippen molar-refractivity contribution >= 4 is 17.5 Å². The molecule has 2 rings (SSSR count). The Morgan fingerprint density at radius 2 is 2.41 bits per heavy atom. The van der Waals surface area contributed by atoms with Gasteiger partial charge in [0.25, 0.3) is 5.91 Å². The van der Waals surface area contributed by atoms with E-state index in [0.29, 0.717) is 5.69 Å². The first-order valence-electron chi connectivity index (χ1n) is 5.47. The first-order valence-corrected chi connectivity index (χ1v) is 5.47. The number of hydrogen-bond donors (Lipinski definition) is 3. The van der Waals surface area contributed by atoms with Gasteiger partial charge < -0.3 is 16.4 Å². The summed E-state index contributed by atoms with van der Waals surface area (Å²) in [6.45, 7) is 0.722. The number of aromatic nitrogens is 1. The van der Waals surface area contributed by atoms with Crippen LogP contribution in [-0.4, -0.2) is 29.4 Å². The minimum absolute atomic E-state index is 0.0197. The van der Waals surface area contributed by atoms with Gasteiger partial charge in [0.05, 0.1) is 0 Å². The molecule has 6 nitrogen and oxygen atoms in total. The van der Waals surface area contributed by atoms with E-state index < -0.39 is 5.91 Å². The van der Waals surface area contributed by atoms with Crippen molar-refractivity contribution < 1.29 is 9.59 Å². The van der Waals surface area contributed by atoms with E-state index in [1.54, 1.807) is 12.1 Å². The summed E-state index contributed by atoms with van der Waals surface area (Å²) in [4.78, 5) is 26.3. The van der Waals surface area contributed by atoms with Crippen molar-refractivity contribution in [2.24, 2.45) is 5.73 Å². The number of carbonyl (C=O) groups is 2. The molecule has 0 bridgehead atoms. The zero-order chi connectivity index (χ0) is 12.3. The topological polar surface area (TPSA) is 97.1 Å². The highest BCUT2D eigenvalue weighted by atomic mass is 16.2. The average Bonchev–Trinajstić information content (AvgIpc) is 2.32. The molecule has 17 heavy (non-hydrogen) atoms. The SMILES string of the molecule is NC(=O)c1cc(NC2CCCNC2=O)ccn1. The second-order valence-electron chi connectivity index (χ2n) is 3.92. The molecule has 1 aromatic heterocycles. The number of pyridine rings is 1. The highest BCUT2D eigenvalue weighted by Crippen LogP contribution is 2.13. The standard InChI is InChI=1S/C11H14N4O2/c12-10(16)9-6-7(3-5-13-9)15-8-2-1-4-14-11(8)17/h3,5-6,8H,1-2,4H2,(H2,12,16)(H,13,15)(H,14,17). The van der Waals surface area contributed by atoms with E-state index >= 15 is 0 Å². The molecule has 1 fully saturated rings. The van der Waals surface area contributed by atoms with Gasteiger partial charge in [0.15, 0.2) is 0 Å². The van der Waals surface area contributed by atoms with Crippen LogP contribution in [0.1, 0.15) is 23.3 Å². The van der Waals surface area contributed by atoms with Gasteiger partial charge in [0, 0.05) is 18.4 Å². The Balaban J connectivity index is 2.09. The number of nitrogens with one attached hydrogen (secondary N) is 2. The number of amides is 2. The maximum Gasteiger partial charge on any atom is 0.267 e. The minimum atomic E-state index is -0.582. The summed E-state index contributed by atoms with van der Waals surface area (Å²) >= 11 is 0. The van der Waals surface area contributed by atoms with E-state index in [1.165, 1.54) is 6.20 Å². The largest absolute Gasteiger partial charge is 0.374 e. The number of rotatable bonds is 3. The second kappa shape index (κ2) is 4.82. The molecule has 0 radical (unpaired) electrons. The van der Waals surface area contributed by atoms with Crippen LogP contribution in [0.3, 0.4) is 0 Å². The van der Waals surface area contributed by atoms with Crippen molar-refractivity contribution in [1.29, 1.82) is 0 Å². The summed E-state index contributed by atoms with van der Waals surface area (Å²) in [6.07, 6.45) is 3.21. The van der Waals surface area contributed by atoms with Crippen LogP contribution in [0.15, 0.2) is 18.3 Å². The van der Waals surface area contributed by atoms with E-state index in [0.717, 1.165) is 19.4 Å². The molecule has 2 amide bonds. The molecule has 1 aliphatic rings. The van der Waals surface area contributed by atoms with Crippen molar-refractivity contribution in [3.63, 3.8) is 0 Å². The number of hydrogen-bond acceptors (Lipinski definition) is 4. The fourth-order valence-corrected chi connectivity index (χ4v) is 1.77. The van der Waals surface area contributed by atoms with Crippen LogP contribution >= 0.6 is 0 Å². The van der Waals surface area contributed by atoms with Crippen LogP contribution in [0.2, 0.25) is 0 Å². The summed E-state index contributed by atoms with van der Waals surface area (Å²) < 4.78 is 0. The van der Waals surface area contributed by atoms with E-state index in [4.69, 9.17) is 5.73 Å². The van der Waals surface area contributed by atoms with E-state index in [9.17, 15) is 9.59 Å². The molecule has 0 spiro atoms. The fourth-order valence-electron chi connectivity index (χ4n) is 1.77. The first-order chi connectivity index (χ1) is 8.16. The lowest BCUT2D eigenvalue weighted by atomic mass is 10.1. The molecule has 1 saturated heterocycles. The molecule has 0 aromatic carbocycles. The van der Waals surface area contributed by atoms with Crippen LogP contribution in [0.4, 0.5) is 5.69 Å². The van der Waals surface area contributed by atoms with Gasteiger partial charge >= 0.3 is 0 Å². The molecular weight excluding hydrogens is 220 g/mol. The summed E-state index contributed by atoms with van der Waals surface area (Å²) in [6, 6.07) is 2.99. The van der Waals surface area contributed by atoms with Crippen molar-refractivity contribution in [2.45, 2.75) is 18.9 Å². The maximum atomic E-state index is 11.5. The third kappa shape index (κ3) is 2.72. The summed E-state index contributed by atoms with van der Waals surface area (Å²) in [7, 11) is 0. The third-order valence-corrected chi connectivity index (χ3v) is 2.64. The van der Waals surface area contributed by atoms with Crippen LogP contribution in [0.5, 0.6) is 0 Å². The van der Waals surface area contributed by atoms with Crippen LogP contribution < -0.4 is 16.4 Å². The zero-order valence-electron chi connectivity index (χ0n) is 9.27. The van der Waals surface area contributed by atoms with Crippen LogP contribution in [-0.2, 0) is 4.79 Å². The Hall–Kier alpha value is -2.11. The second-order valence-corrected chi connectivity index (χ2v) is 3.92. The number of anilines is 1. The van der Waals surface area contributed by atoms with Crippen molar-refractivity contribution in [1.82, 2.24) is 10.3 Å². The molecule has 1 aromatic rings. The van der Waals surface area contributed by atoms with Crippen LogP contribution in [0.25, 0.3) is 0 Å². The van der Waals surface area contributed by atoms with Gasteiger partial charge in [-0.25, -0.2) is 0 Å². The number of carbonyl (C=O) groups excluding carboxylic acids is 2. The van der Waals surface area contributed by atoms with Gasteiger partial charge in [-0.3, -0.25) is 14.6 Å². The number of primary amides is 1. The average molecular weight is 234 g/mol. The molecule has 1 aliphatic heterocycles. The maximum absolute atomic E-state index is 11.5. The zero-order valence-corrected chi connectivity index (χ0v) is 9.27. The Morgan fingerprint density at radius 1 is 1.59 bits per heavy atom. The minimum Gasteiger partial charge on any atom is -0.374 e. The number of nitrogens with two attached hydrogens (primary N) is 1. The van der Waals surface area contributed by atoms with Crippen molar-refractivity contribution in [3.05, 3.63) is 24.0 Å². The van der Waals surface area contributed by atoms with Crippen LogP contribution in [0, 0.1) is 0 Å². The quantitative estimate of drug-likeness (QED) is 0.678. The van der Waals surface area contributed by atoms with Gasteiger partial charge in [0.2, 0.25) is 5.91 Å². The molecule has 4 N–H and O–H groups in total. The molecule has 0 aliphatic carbocycles. The highest BCUT2D eigenvalue weighted by Gasteiger charge is 2.21. The predicted molar refractivity (Wildman–Crippen MR) is 62.4 cm³/mol. The summed E-state index contributed by atoms with van der Waals surface area (Å²) in [5, 5.41) is 5.85. The Morgan fingerprint density at radius 3 is 3.12 bits per heavy atom. The predicted octanol–water partition coefficient (Wildman–Crippen LogP) is -0.129. The van der Waals surface area contributed by atoms with Gasteiger partial charge in [-0.1, -0.05) is 0 Å². The van der Waals surface area contributed by atoms with Gasteiger partial charge in [0.1, 0.15) is 11.7 Å². The van der Waals surface area contributed by atoms with Crippen molar-refractivity contribution in [2.75, 3.05) is 11.9 Å². The van der Waals surface area contributed by atoms with E-state index in [-0.39, 0.29) is 17.6 Å². The number of nitrogens with zero attached hydrogens (tertiary/aromatic N) is 1. The molecule has 2 heterocycles. The Bertz CT molecular complexity index is 447. The summed E-state index contributed by atoms with van der Waals surface area (Å²) in [5.74, 6) is -0.601. The summed E-state index contributed by atoms with van der Waals surface area (Å²) in [5.41, 5.74) is 6.00. The van der Waals surface area contributed by atoms with Gasteiger partial charge in [-0.15, -0.1) is 0 Å². The first kappa shape index (κ1) is 11.4. The highest BCUT2D eigenvalue weighted by molar-refractivity contribution is 5.92. The molecule has 1 unspecified atom stereocenters. The fraction of sp³-hybridized carbons (Fsp3) is 0.364. The Kier molecular flexibility index (Phi) is 3.22. The monoisotopic (exact) mass is 234 g/mol. The van der Waals surface area contributed by atoms with Gasteiger partial charge in [-0.05, 0) is 25.0 Å². The van der Waals surface area contributed by atoms with E-state index in [2.05, 4.69) is 15.6 Å². The van der Waals surface area contributed by atoms with Gasteiger partial charge in [-0.2, -0.15) is 0 Å². The number of piperidine rings is 1. The molecular formula is C11H14N4O2. The lowest BCUT2D eigenvalue weighted by molar-refractivity contribution is -0.123. The molecule has 1 atom stereocenters. The molecule has 90 valence electrons.